The molecule has 0 spiro atoms. The number of anilines is 1. The first kappa shape index (κ1) is 14.8. The molecule has 5 heteroatoms. The van der Waals surface area contributed by atoms with Crippen molar-refractivity contribution in [1.29, 1.82) is 0 Å². The molecule has 1 aromatic heterocycles. The van der Waals surface area contributed by atoms with E-state index >= 15 is 0 Å². The van der Waals surface area contributed by atoms with Crippen molar-refractivity contribution in [2.24, 2.45) is 5.73 Å². The zero-order valence-corrected chi connectivity index (χ0v) is 13.2. The largest absolute Gasteiger partial charge is 0.491 e. The summed E-state index contributed by atoms with van der Waals surface area (Å²) in [4.78, 5) is 3.14. The van der Waals surface area contributed by atoms with Gasteiger partial charge in [0.25, 0.3) is 0 Å². The Kier molecular flexibility index (Phi) is 4.98. The van der Waals surface area contributed by atoms with Crippen molar-refractivity contribution in [3.8, 4) is 5.75 Å². The van der Waals surface area contributed by atoms with Crippen LogP contribution in [-0.2, 0) is 6.54 Å². The monoisotopic (exact) mass is 306 g/mol. The van der Waals surface area contributed by atoms with Crippen molar-refractivity contribution in [1.82, 2.24) is 0 Å². The number of benzene rings is 1. The van der Waals surface area contributed by atoms with Crippen molar-refractivity contribution >= 4 is 34.4 Å². The van der Waals surface area contributed by atoms with Gasteiger partial charge < -0.3 is 15.4 Å². The summed E-state index contributed by atoms with van der Waals surface area (Å²) in [7, 11) is 0. The summed E-state index contributed by atoms with van der Waals surface area (Å²) in [5.41, 5.74) is 6.81. The van der Waals surface area contributed by atoms with Crippen LogP contribution in [0.5, 0.6) is 5.75 Å². The molecule has 0 saturated carbocycles. The molecule has 0 unspecified atom stereocenters. The zero-order chi connectivity index (χ0) is 14.5. The van der Waals surface area contributed by atoms with Gasteiger partial charge in [-0.25, -0.2) is 0 Å². The van der Waals surface area contributed by atoms with Gasteiger partial charge in [-0.15, -0.1) is 11.3 Å². The Morgan fingerprint density at radius 2 is 2.00 bits per heavy atom. The molecule has 0 aliphatic carbocycles. The first-order valence-electron chi connectivity index (χ1n) is 6.42. The van der Waals surface area contributed by atoms with Gasteiger partial charge in [-0.2, -0.15) is 0 Å². The minimum Gasteiger partial charge on any atom is -0.491 e. The molecule has 0 amide bonds. The molecule has 20 heavy (non-hydrogen) atoms. The van der Waals surface area contributed by atoms with Crippen molar-refractivity contribution in [3.05, 3.63) is 46.7 Å². The van der Waals surface area contributed by atoms with E-state index in [-0.39, 0.29) is 6.10 Å². The average Bonchev–Trinajstić information content (AvgIpc) is 2.89. The van der Waals surface area contributed by atoms with Gasteiger partial charge in [-0.3, -0.25) is 0 Å². The average molecular weight is 306 g/mol. The third-order valence-electron chi connectivity index (χ3n) is 2.68. The highest BCUT2D eigenvalue weighted by Gasteiger charge is 2.11. The molecule has 1 heterocycles. The molecule has 2 N–H and O–H groups in total. The van der Waals surface area contributed by atoms with E-state index in [9.17, 15) is 0 Å². The van der Waals surface area contributed by atoms with E-state index in [1.807, 2.05) is 54.5 Å². The maximum absolute atomic E-state index is 5.83. The molecule has 106 valence electrons. The first-order chi connectivity index (χ1) is 9.56. The zero-order valence-electron chi connectivity index (χ0n) is 11.6. The van der Waals surface area contributed by atoms with E-state index in [1.54, 1.807) is 11.3 Å². The van der Waals surface area contributed by atoms with Crippen LogP contribution in [0.15, 0.2) is 41.8 Å². The molecule has 0 saturated heterocycles. The van der Waals surface area contributed by atoms with Crippen LogP contribution in [0.3, 0.4) is 0 Å². The van der Waals surface area contributed by atoms with Crippen LogP contribution in [0, 0.1) is 0 Å². The van der Waals surface area contributed by atoms with Gasteiger partial charge in [0, 0.05) is 10.6 Å². The molecule has 0 atom stereocenters. The molecule has 0 bridgehead atoms. The first-order valence-corrected chi connectivity index (χ1v) is 7.71. The Bertz CT molecular complexity index is 550. The number of thiophene rings is 1. The van der Waals surface area contributed by atoms with Crippen LogP contribution in [0.2, 0.25) is 0 Å². The third kappa shape index (κ3) is 3.95. The van der Waals surface area contributed by atoms with Crippen molar-refractivity contribution in [3.63, 3.8) is 0 Å². The smallest absolute Gasteiger partial charge is 0.171 e. The Morgan fingerprint density at radius 1 is 1.30 bits per heavy atom. The number of rotatable bonds is 5. The Hall–Kier alpha value is -1.59. The van der Waals surface area contributed by atoms with E-state index in [2.05, 4.69) is 6.07 Å². The predicted molar refractivity (Wildman–Crippen MR) is 89.5 cm³/mol. The summed E-state index contributed by atoms with van der Waals surface area (Å²) in [5, 5.41) is 2.42. The lowest BCUT2D eigenvalue weighted by Gasteiger charge is -2.22. The molecule has 1 aromatic carbocycles. The van der Waals surface area contributed by atoms with Crippen LogP contribution >= 0.6 is 23.6 Å². The third-order valence-corrected chi connectivity index (χ3v) is 3.76. The standard InChI is InChI=1S/C15H18N2OS2/c1-11(2)18-13-7-5-12(6-8-13)17(15(16)19)10-14-4-3-9-20-14/h3-9,11H,10H2,1-2H3,(H2,16,19). The summed E-state index contributed by atoms with van der Waals surface area (Å²) < 4.78 is 5.63. The van der Waals surface area contributed by atoms with E-state index < -0.39 is 0 Å². The molecular formula is C15H18N2OS2. The lowest BCUT2D eigenvalue weighted by atomic mass is 10.2. The molecule has 0 radical (unpaired) electrons. The van der Waals surface area contributed by atoms with Crippen LogP contribution < -0.4 is 15.4 Å². The van der Waals surface area contributed by atoms with Gasteiger partial charge in [0.15, 0.2) is 5.11 Å². The molecule has 2 rings (SSSR count). The second-order valence-corrected chi connectivity index (χ2v) is 6.11. The second kappa shape index (κ2) is 6.72. The summed E-state index contributed by atoms with van der Waals surface area (Å²) in [6.07, 6.45) is 0.165. The summed E-state index contributed by atoms with van der Waals surface area (Å²) in [5.74, 6) is 0.850. The van der Waals surface area contributed by atoms with Crippen molar-refractivity contribution < 1.29 is 4.74 Å². The molecular weight excluding hydrogens is 288 g/mol. The molecule has 0 aliphatic rings. The van der Waals surface area contributed by atoms with Gasteiger partial charge >= 0.3 is 0 Å². The summed E-state index contributed by atoms with van der Waals surface area (Å²) in [6, 6.07) is 11.9. The van der Waals surface area contributed by atoms with Crippen LogP contribution in [-0.4, -0.2) is 11.2 Å². The van der Waals surface area contributed by atoms with Gasteiger partial charge in [0.1, 0.15) is 5.75 Å². The fourth-order valence-electron chi connectivity index (χ4n) is 1.83. The fraction of sp³-hybridized carbons (Fsp3) is 0.267. The van der Waals surface area contributed by atoms with E-state index in [1.165, 1.54) is 4.88 Å². The maximum atomic E-state index is 5.83. The second-order valence-electron chi connectivity index (χ2n) is 4.66. The normalized spacial score (nSPS) is 10.6. The van der Waals surface area contributed by atoms with E-state index in [0.29, 0.717) is 11.7 Å². The Balaban J connectivity index is 2.15. The van der Waals surface area contributed by atoms with Crippen LogP contribution in [0.25, 0.3) is 0 Å². The SMILES string of the molecule is CC(C)Oc1ccc(N(Cc2cccs2)C(N)=S)cc1. The highest BCUT2D eigenvalue weighted by molar-refractivity contribution is 7.80. The summed E-state index contributed by atoms with van der Waals surface area (Å²) in [6.45, 7) is 4.70. The Labute approximate surface area is 129 Å². The van der Waals surface area contributed by atoms with E-state index in [0.717, 1.165) is 11.4 Å². The van der Waals surface area contributed by atoms with E-state index in [4.69, 9.17) is 22.7 Å². The molecule has 0 aliphatic heterocycles. The number of hydrogen-bond acceptors (Lipinski definition) is 3. The highest BCUT2D eigenvalue weighted by Crippen LogP contribution is 2.23. The van der Waals surface area contributed by atoms with Crippen molar-refractivity contribution in [2.75, 3.05) is 4.90 Å². The quantitative estimate of drug-likeness (QED) is 0.853. The molecule has 3 nitrogen and oxygen atoms in total. The number of nitrogens with two attached hydrogens (primary N) is 1. The van der Waals surface area contributed by atoms with Gasteiger partial charge in [-0.1, -0.05) is 6.07 Å². The lowest BCUT2D eigenvalue weighted by Crippen LogP contribution is -2.34. The number of hydrogen-bond donors (Lipinski definition) is 1. The van der Waals surface area contributed by atoms with Gasteiger partial charge in [-0.05, 0) is 61.8 Å². The van der Waals surface area contributed by atoms with Crippen LogP contribution in [0.1, 0.15) is 18.7 Å². The predicted octanol–water partition coefficient (Wildman–Crippen LogP) is 3.79. The minimum atomic E-state index is 0.165. The number of ether oxygens (including phenoxy) is 1. The Morgan fingerprint density at radius 3 is 2.50 bits per heavy atom. The molecule has 2 aromatic rings. The van der Waals surface area contributed by atoms with Gasteiger partial charge in [0.2, 0.25) is 0 Å². The highest BCUT2D eigenvalue weighted by atomic mass is 32.1. The van der Waals surface area contributed by atoms with Gasteiger partial charge in [0.05, 0.1) is 12.6 Å². The number of nitrogens with zero attached hydrogens (tertiary/aromatic N) is 1. The van der Waals surface area contributed by atoms with Crippen LogP contribution in [0.4, 0.5) is 5.69 Å². The van der Waals surface area contributed by atoms with Crippen molar-refractivity contribution in [2.45, 2.75) is 26.5 Å². The number of thiocarbonyl (C=S) groups is 1. The maximum Gasteiger partial charge on any atom is 0.171 e. The molecule has 0 fully saturated rings. The topological polar surface area (TPSA) is 38.5 Å². The minimum absolute atomic E-state index is 0.165. The summed E-state index contributed by atoms with van der Waals surface area (Å²) >= 11 is 6.85. The lowest BCUT2D eigenvalue weighted by molar-refractivity contribution is 0.242. The fourth-order valence-corrected chi connectivity index (χ4v) is 2.69.